The Bertz CT molecular complexity index is 352. The van der Waals surface area contributed by atoms with Crippen LogP contribution >= 0.6 is 0 Å². The number of hydrogen-bond donors (Lipinski definition) is 2. The van der Waals surface area contributed by atoms with Gasteiger partial charge in [-0.3, -0.25) is 9.59 Å². The van der Waals surface area contributed by atoms with Crippen LogP contribution in [0, 0.1) is 11.8 Å². The van der Waals surface area contributed by atoms with Crippen LogP contribution < -0.4 is 5.32 Å². The van der Waals surface area contributed by atoms with Gasteiger partial charge in [0.05, 0.1) is 18.1 Å². The molecule has 17 heavy (non-hydrogen) atoms. The summed E-state index contributed by atoms with van der Waals surface area (Å²) in [5, 5.41) is 11.9. The second kappa shape index (κ2) is 4.87. The van der Waals surface area contributed by atoms with Crippen molar-refractivity contribution in [3.05, 3.63) is 12.2 Å². The number of carboxylic acid groups (broad SMARTS) is 1. The lowest BCUT2D eigenvalue weighted by molar-refractivity contribution is -0.146. The van der Waals surface area contributed by atoms with E-state index in [-0.39, 0.29) is 12.0 Å². The van der Waals surface area contributed by atoms with E-state index in [0.717, 1.165) is 12.8 Å². The summed E-state index contributed by atoms with van der Waals surface area (Å²) in [7, 11) is 0. The average molecular weight is 239 g/mol. The van der Waals surface area contributed by atoms with E-state index in [1.165, 1.54) is 0 Å². The molecule has 0 aromatic heterocycles. The predicted molar refractivity (Wildman–Crippen MR) is 60.3 cm³/mol. The first-order valence-corrected chi connectivity index (χ1v) is 5.99. The summed E-state index contributed by atoms with van der Waals surface area (Å²) in [5.74, 6) is -2.49. The summed E-state index contributed by atoms with van der Waals surface area (Å²) >= 11 is 0. The summed E-state index contributed by atoms with van der Waals surface area (Å²) < 4.78 is 5.43. The van der Waals surface area contributed by atoms with Crippen LogP contribution in [0.1, 0.15) is 19.8 Å². The van der Waals surface area contributed by atoms with Crippen molar-refractivity contribution < 1.29 is 19.4 Å². The van der Waals surface area contributed by atoms with Crippen LogP contribution in [0.25, 0.3) is 0 Å². The number of carbonyl (C=O) groups excluding carboxylic acids is 1. The van der Waals surface area contributed by atoms with Crippen LogP contribution in [0.2, 0.25) is 0 Å². The van der Waals surface area contributed by atoms with Crippen molar-refractivity contribution in [2.24, 2.45) is 11.8 Å². The van der Waals surface area contributed by atoms with Gasteiger partial charge in [0.2, 0.25) is 5.91 Å². The quantitative estimate of drug-likeness (QED) is 0.543. The molecule has 2 heterocycles. The molecule has 2 N–H and O–H groups in total. The minimum Gasteiger partial charge on any atom is -0.481 e. The molecule has 4 atom stereocenters. The summed E-state index contributed by atoms with van der Waals surface area (Å²) in [6.07, 6.45) is 4.60. The molecule has 2 aliphatic rings. The van der Waals surface area contributed by atoms with Crippen molar-refractivity contribution >= 4 is 11.9 Å². The van der Waals surface area contributed by atoms with E-state index in [2.05, 4.69) is 5.32 Å². The number of fused-ring (bicyclic) bond motifs is 2. The number of nitrogens with one attached hydrogen (secondary N) is 1. The monoisotopic (exact) mass is 239 g/mol. The second-order valence-electron chi connectivity index (χ2n) is 4.48. The zero-order valence-corrected chi connectivity index (χ0v) is 9.76. The number of rotatable bonds is 5. The molecule has 2 bridgehead atoms. The Balaban J connectivity index is 2.01. The Kier molecular flexibility index (Phi) is 3.47. The number of unbranched alkanes of at least 4 members (excludes halogenated alkanes) is 1. The first-order valence-electron chi connectivity index (χ1n) is 5.99. The molecule has 0 aliphatic carbocycles. The Morgan fingerprint density at radius 1 is 1.29 bits per heavy atom. The SMILES string of the molecule is CCCCNC(=O)[C@H]1[C@@H](C(=O)O)[C@@H]2C=C[C@@H]1O2. The van der Waals surface area contributed by atoms with E-state index in [9.17, 15) is 9.59 Å². The number of carboxylic acids is 1. The van der Waals surface area contributed by atoms with E-state index in [1.54, 1.807) is 12.2 Å². The van der Waals surface area contributed by atoms with Gasteiger partial charge in [-0.05, 0) is 6.42 Å². The van der Waals surface area contributed by atoms with E-state index >= 15 is 0 Å². The van der Waals surface area contributed by atoms with Crippen molar-refractivity contribution in [1.29, 1.82) is 0 Å². The predicted octanol–water partition coefficient (Wildman–Crippen LogP) is 0.557. The standard InChI is InChI=1S/C12H17NO4/c1-2-3-6-13-11(14)9-7-4-5-8(17-7)10(9)12(15)16/h4-5,7-10H,2-3,6H2,1H3,(H,13,14)(H,15,16)/t7-,8-,9+,10-/m0/s1. The third kappa shape index (κ3) is 2.20. The summed E-state index contributed by atoms with van der Waals surface area (Å²) in [4.78, 5) is 23.1. The molecule has 0 radical (unpaired) electrons. The van der Waals surface area contributed by atoms with Gasteiger partial charge < -0.3 is 15.2 Å². The van der Waals surface area contributed by atoms with Crippen molar-refractivity contribution in [3.63, 3.8) is 0 Å². The Morgan fingerprint density at radius 3 is 2.53 bits per heavy atom. The third-order valence-corrected chi connectivity index (χ3v) is 3.32. The van der Waals surface area contributed by atoms with E-state index in [0.29, 0.717) is 6.54 Å². The van der Waals surface area contributed by atoms with Gasteiger partial charge in [0.1, 0.15) is 5.92 Å². The lowest BCUT2D eigenvalue weighted by Crippen LogP contribution is -2.42. The molecule has 0 aromatic rings. The first kappa shape index (κ1) is 12.1. The van der Waals surface area contributed by atoms with Gasteiger partial charge in [0.25, 0.3) is 0 Å². The first-order chi connectivity index (χ1) is 8.15. The van der Waals surface area contributed by atoms with Crippen LogP contribution in [0.4, 0.5) is 0 Å². The van der Waals surface area contributed by atoms with E-state index in [1.807, 2.05) is 6.92 Å². The maximum Gasteiger partial charge on any atom is 0.310 e. The summed E-state index contributed by atoms with van der Waals surface area (Å²) in [5.41, 5.74) is 0. The Morgan fingerprint density at radius 2 is 1.94 bits per heavy atom. The molecule has 2 rings (SSSR count). The number of ether oxygens (including phenoxy) is 1. The second-order valence-corrected chi connectivity index (χ2v) is 4.48. The number of hydrogen-bond acceptors (Lipinski definition) is 3. The van der Waals surface area contributed by atoms with Crippen LogP contribution in [0.5, 0.6) is 0 Å². The normalized spacial score (nSPS) is 33.9. The van der Waals surface area contributed by atoms with Gasteiger partial charge >= 0.3 is 5.97 Å². The molecule has 94 valence electrons. The number of aliphatic carboxylic acids is 1. The molecule has 5 heteroatoms. The zero-order valence-electron chi connectivity index (χ0n) is 9.76. The Labute approximate surface area is 99.8 Å². The van der Waals surface area contributed by atoms with E-state index in [4.69, 9.17) is 9.84 Å². The maximum atomic E-state index is 11.9. The molecular formula is C12H17NO4. The molecule has 1 saturated heterocycles. The highest BCUT2D eigenvalue weighted by Gasteiger charge is 2.52. The van der Waals surface area contributed by atoms with Crippen LogP contribution in [0.15, 0.2) is 12.2 Å². The van der Waals surface area contributed by atoms with Crippen LogP contribution in [0.3, 0.4) is 0 Å². The van der Waals surface area contributed by atoms with Crippen molar-refractivity contribution in [2.75, 3.05) is 6.54 Å². The topological polar surface area (TPSA) is 75.6 Å². The highest BCUT2D eigenvalue weighted by atomic mass is 16.5. The molecule has 0 saturated carbocycles. The molecule has 0 unspecified atom stereocenters. The fourth-order valence-electron chi connectivity index (χ4n) is 2.42. The molecule has 5 nitrogen and oxygen atoms in total. The van der Waals surface area contributed by atoms with Crippen molar-refractivity contribution in [3.8, 4) is 0 Å². The summed E-state index contributed by atoms with van der Waals surface area (Å²) in [6, 6.07) is 0. The molecule has 1 amide bonds. The lowest BCUT2D eigenvalue weighted by Gasteiger charge is -2.20. The average Bonchev–Trinajstić information content (AvgIpc) is 2.88. The van der Waals surface area contributed by atoms with Crippen LogP contribution in [-0.2, 0) is 14.3 Å². The van der Waals surface area contributed by atoms with E-state index < -0.39 is 23.9 Å². The Hall–Kier alpha value is -1.36. The number of carbonyl (C=O) groups is 2. The van der Waals surface area contributed by atoms with Crippen molar-refractivity contribution in [2.45, 2.75) is 32.0 Å². The third-order valence-electron chi connectivity index (χ3n) is 3.32. The molecule has 2 aliphatic heterocycles. The number of amides is 1. The lowest BCUT2D eigenvalue weighted by atomic mass is 9.82. The van der Waals surface area contributed by atoms with Crippen LogP contribution in [-0.4, -0.2) is 35.7 Å². The molecule has 1 fully saturated rings. The maximum absolute atomic E-state index is 11.9. The molecular weight excluding hydrogens is 222 g/mol. The summed E-state index contributed by atoms with van der Waals surface area (Å²) in [6.45, 7) is 2.63. The largest absolute Gasteiger partial charge is 0.481 e. The van der Waals surface area contributed by atoms with Gasteiger partial charge in [-0.15, -0.1) is 0 Å². The zero-order chi connectivity index (χ0) is 12.4. The highest BCUT2D eigenvalue weighted by molar-refractivity contribution is 5.87. The van der Waals surface area contributed by atoms with Gasteiger partial charge in [-0.25, -0.2) is 0 Å². The van der Waals surface area contributed by atoms with Gasteiger partial charge in [0.15, 0.2) is 0 Å². The van der Waals surface area contributed by atoms with Gasteiger partial charge in [-0.2, -0.15) is 0 Å². The fourth-order valence-corrected chi connectivity index (χ4v) is 2.42. The fraction of sp³-hybridized carbons (Fsp3) is 0.667. The minimum absolute atomic E-state index is 0.206. The highest BCUT2D eigenvalue weighted by Crippen LogP contribution is 2.39. The molecule has 0 aromatic carbocycles. The van der Waals surface area contributed by atoms with Gasteiger partial charge in [0, 0.05) is 6.54 Å². The van der Waals surface area contributed by atoms with Crippen molar-refractivity contribution in [1.82, 2.24) is 5.32 Å². The smallest absolute Gasteiger partial charge is 0.310 e. The molecule has 0 spiro atoms. The van der Waals surface area contributed by atoms with Gasteiger partial charge in [-0.1, -0.05) is 25.5 Å². The minimum atomic E-state index is -0.961.